The number of ether oxygens (including phenoxy) is 1. The van der Waals surface area contributed by atoms with Gasteiger partial charge in [-0.25, -0.2) is 4.98 Å². The highest BCUT2D eigenvalue weighted by Crippen LogP contribution is 2.39. The molecule has 2 aromatic carbocycles. The van der Waals surface area contributed by atoms with Crippen LogP contribution >= 0.6 is 0 Å². The number of aromatic nitrogens is 7. The average molecular weight is 639 g/mol. The van der Waals surface area contributed by atoms with Crippen LogP contribution in [0.3, 0.4) is 0 Å². The summed E-state index contributed by atoms with van der Waals surface area (Å²) < 4.78 is 7.90. The molecule has 1 aliphatic heterocycles. The first-order valence-electron chi connectivity index (χ1n) is 16.4. The molecule has 1 saturated carbocycles. The van der Waals surface area contributed by atoms with Crippen molar-refractivity contribution in [3.63, 3.8) is 0 Å². The van der Waals surface area contributed by atoms with Crippen LogP contribution in [-0.4, -0.2) is 75.7 Å². The van der Waals surface area contributed by atoms with E-state index in [2.05, 4.69) is 50.1 Å². The molecule has 2 fully saturated rings. The number of rotatable bonds is 10. The zero-order valence-corrected chi connectivity index (χ0v) is 26.6. The van der Waals surface area contributed by atoms with E-state index in [4.69, 9.17) is 25.4 Å². The summed E-state index contributed by atoms with van der Waals surface area (Å²) in [5.41, 5.74) is 9.51. The average Bonchev–Trinajstić information content (AvgIpc) is 3.82. The molecule has 4 heterocycles. The van der Waals surface area contributed by atoms with Gasteiger partial charge in [0.15, 0.2) is 29.0 Å². The van der Waals surface area contributed by atoms with Crippen LogP contribution in [-0.2, 0) is 4.74 Å². The number of hydrogen-bond acceptors (Lipinski definition) is 11. The highest BCUT2D eigenvalue weighted by atomic mass is 16.6. The molecule has 47 heavy (non-hydrogen) atoms. The first-order valence-corrected chi connectivity index (χ1v) is 16.4. The standard InChI is InChI=1S/C34H42N10O3/c1-19(2)29-39-31(43-42-29)28-26(45)27(46)33(47-28)44-18-37-25-30(40-34(41-32(25)44)38-23-15-13-22(35)14-16-23)36-17-24(20-9-5-3-6-10-20)21-11-7-4-8-12-21/h3-12,18-19,22-24,26-28,33,45-46H,13-17,35H2,1-2H3,(H,39,42,43)(H2,36,38,40,41)/t22-,23-,26-,27+,28-,33+/m0/s1. The maximum atomic E-state index is 11.2. The van der Waals surface area contributed by atoms with Gasteiger partial charge in [-0.1, -0.05) is 74.5 Å². The molecule has 0 spiro atoms. The van der Waals surface area contributed by atoms with Crippen molar-refractivity contribution in [2.24, 2.45) is 5.73 Å². The summed E-state index contributed by atoms with van der Waals surface area (Å²) in [5.74, 6) is 2.20. The van der Waals surface area contributed by atoms with Gasteiger partial charge in [0.25, 0.3) is 0 Å². The Bertz CT molecular complexity index is 1730. The van der Waals surface area contributed by atoms with Gasteiger partial charge in [-0.05, 0) is 36.8 Å². The number of nitrogens with zero attached hydrogens (tertiary/aromatic N) is 6. The SMILES string of the molecule is CC(C)c1nnc([C@H]2O[C@@H](n3cnc4c(NCC(c5ccccc5)c5ccccc5)nc(N[C@H]5CC[C@H](N)CC5)nc43)[C@H](O)[C@@H]2O)[nH]1. The van der Waals surface area contributed by atoms with Gasteiger partial charge in [0.1, 0.15) is 24.1 Å². The van der Waals surface area contributed by atoms with E-state index in [-0.39, 0.29) is 23.9 Å². The number of aliphatic hydroxyl groups excluding tert-OH is 2. The van der Waals surface area contributed by atoms with E-state index < -0.39 is 24.5 Å². The van der Waals surface area contributed by atoms with Gasteiger partial charge in [0.05, 0.1) is 6.33 Å². The van der Waals surface area contributed by atoms with Crippen molar-refractivity contribution >= 4 is 22.9 Å². The maximum absolute atomic E-state index is 11.2. The molecule has 246 valence electrons. The summed E-state index contributed by atoms with van der Waals surface area (Å²) in [6.07, 6.45) is 0.874. The topological polar surface area (TPSA) is 185 Å². The number of H-pyrrole nitrogens is 1. The Morgan fingerprint density at radius 1 is 0.936 bits per heavy atom. The minimum atomic E-state index is -1.27. The largest absolute Gasteiger partial charge is 0.387 e. The summed E-state index contributed by atoms with van der Waals surface area (Å²) in [4.78, 5) is 17.6. The van der Waals surface area contributed by atoms with Crippen LogP contribution in [0.4, 0.5) is 11.8 Å². The number of imidazole rings is 1. The number of aromatic amines is 1. The molecule has 7 N–H and O–H groups in total. The lowest BCUT2D eigenvalue weighted by Gasteiger charge is -2.27. The molecule has 0 radical (unpaired) electrons. The third kappa shape index (κ3) is 6.44. The third-order valence-corrected chi connectivity index (χ3v) is 9.25. The van der Waals surface area contributed by atoms with Crippen LogP contribution in [0.2, 0.25) is 0 Å². The monoisotopic (exact) mass is 638 g/mol. The Morgan fingerprint density at radius 3 is 2.26 bits per heavy atom. The molecule has 0 amide bonds. The second kappa shape index (κ2) is 13.4. The molecule has 0 unspecified atom stereocenters. The molecule has 0 bridgehead atoms. The van der Waals surface area contributed by atoms with E-state index in [1.165, 1.54) is 11.1 Å². The van der Waals surface area contributed by atoms with Crippen LogP contribution in [0, 0.1) is 0 Å². The summed E-state index contributed by atoms with van der Waals surface area (Å²) in [5, 5.41) is 37.7. The van der Waals surface area contributed by atoms with Crippen molar-refractivity contribution in [2.45, 2.75) is 88.0 Å². The minimum absolute atomic E-state index is 0.0503. The lowest BCUT2D eigenvalue weighted by atomic mass is 9.91. The maximum Gasteiger partial charge on any atom is 0.227 e. The number of nitrogens with one attached hydrogen (secondary N) is 3. The molecular weight excluding hydrogens is 596 g/mol. The minimum Gasteiger partial charge on any atom is -0.387 e. The Balaban J connectivity index is 1.22. The van der Waals surface area contributed by atoms with Crippen LogP contribution in [0.15, 0.2) is 67.0 Å². The Labute approximate surface area is 273 Å². The quantitative estimate of drug-likeness (QED) is 0.130. The van der Waals surface area contributed by atoms with Crippen LogP contribution < -0.4 is 16.4 Å². The second-order valence-electron chi connectivity index (χ2n) is 12.9. The first kappa shape index (κ1) is 31.2. The number of hydrogen-bond donors (Lipinski definition) is 6. The van der Waals surface area contributed by atoms with Crippen molar-refractivity contribution in [1.82, 2.24) is 34.7 Å². The number of benzene rings is 2. The van der Waals surface area contributed by atoms with Gasteiger partial charge in [-0.2, -0.15) is 9.97 Å². The normalized spacial score (nSPS) is 24.7. The van der Waals surface area contributed by atoms with Gasteiger partial charge in [0.2, 0.25) is 5.95 Å². The van der Waals surface area contributed by atoms with Crippen molar-refractivity contribution < 1.29 is 14.9 Å². The van der Waals surface area contributed by atoms with Gasteiger partial charge < -0.3 is 36.3 Å². The van der Waals surface area contributed by atoms with Gasteiger partial charge in [-0.15, -0.1) is 10.2 Å². The van der Waals surface area contributed by atoms with Crippen molar-refractivity contribution in [1.29, 1.82) is 0 Å². The zero-order valence-electron chi connectivity index (χ0n) is 26.6. The van der Waals surface area contributed by atoms with Gasteiger partial charge in [-0.3, -0.25) is 4.57 Å². The highest BCUT2D eigenvalue weighted by Gasteiger charge is 2.47. The second-order valence-corrected chi connectivity index (χ2v) is 12.9. The predicted molar refractivity (Wildman–Crippen MR) is 178 cm³/mol. The van der Waals surface area contributed by atoms with Crippen LogP contribution in [0.5, 0.6) is 0 Å². The zero-order chi connectivity index (χ0) is 32.5. The Hall–Kier alpha value is -4.43. The van der Waals surface area contributed by atoms with E-state index in [1.807, 2.05) is 50.2 Å². The molecule has 5 aromatic rings. The van der Waals surface area contributed by atoms with Crippen molar-refractivity contribution in [2.75, 3.05) is 17.2 Å². The van der Waals surface area contributed by atoms with E-state index >= 15 is 0 Å². The lowest BCUT2D eigenvalue weighted by molar-refractivity contribution is -0.0382. The van der Waals surface area contributed by atoms with E-state index in [0.717, 1.165) is 25.7 Å². The molecule has 1 aliphatic carbocycles. The van der Waals surface area contributed by atoms with E-state index in [9.17, 15) is 10.2 Å². The third-order valence-electron chi connectivity index (χ3n) is 9.25. The molecule has 4 atom stereocenters. The van der Waals surface area contributed by atoms with E-state index in [0.29, 0.717) is 41.1 Å². The summed E-state index contributed by atoms with van der Waals surface area (Å²) in [6, 6.07) is 21.1. The molecule has 2 aliphatic rings. The fourth-order valence-corrected chi connectivity index (χ4v) is 6.53. The summed E-state index contributed by atoms with van der Waals surface area (Å²) in [7, 11) is 0. The van der Waals surface area contributed by atoms with Crippen LogP contribution in [0.1, 0.15) is 86.5 Å². The smallest absolute Gasteiger partial charge is 0.227 e. The molecule has 13 nitrogen and oxygen atoms in total. The number of nitrogens with two attached hydrogens (primary N) is 1. The summed E-state index contributed by atoms with van der Waals surface area (Å²) in [6.45, 7) is 4.54. The predicted octanol–water partition coefficient (Wildman–Crippen LogP) is 3.99. The van der Waals surface area contributed by atoms with E-state index in [1.54, 1.807) is 10.9 Å². The fraction of sp³-hybridized carbons (Fsp3) is 0.441. The Kier molecular flexibility index (Phi) is 8.86. The number of aliphatic hydroxyl groups is 2. The fourth-order valence-electron chi connectivity index (χ4n) is 6.53. The van der Waals surface area contributed by atoms with Gasteiger partial charge in [0, 0.05) is 30.5 Å². The molecule has 3 aromatic heterocycles. The first-order chi connectivity index (χ1) is 22.9. The number of anilines is 2. The van der Waals surface area contributed by atoms with Gasteiger partial charge >= 0.3 is 0 Å². The molecule has 1 saturated heterocycles. The number of fused-ring (bicyclic) bond motifs is 1. The highest BCUT2D eigenvalue weighted by molar-refractivity contribution is 5.84. The lowest BCUT2D eigenvalue weighted by Crippen LogP contribution is -2.33. The Morgan fingerprint density at radius 2 is 1.62 bits per heavy atom. The van der Waals surface area contributed by atoms with Crippen LogP contribution in [0.25, 0.3) is 11.2 Å². The molecule has 13 heteroatoms. The molecular formula is C34H42N10O3. The van der Waals surface area contributed by atoms with Crippen molar-refractivity contribution in [3.05, 3.63) is 89.8 Å². The molecule has 7 rings (SSSR count). The van der Waals surface area contributed by atoms with Crippen molar-refractivity contribution in [3.8, 4) is 0 Å². The summed E-state index contributed by atoms with van der Waals surface area (Å²) >= 11 is 0.